The van der Waals surface area contributed by atoms with Crippen LogP contribution in [0.15, 0.2) is 29.0 Å². The summed E-state index contributed by atoms with van der Waals surface area (Å²) < 4.78 is 0. The van der Waals surface area contributed by atoms with Gasteiger partial charge in [-0.3, -0.25) is 19.3 Å². The number of ketones is 2. The molecule has 1 saturated carbocycles. The van der Waals surface area contributed by atoms with Gasteiger partial charge in [-0.1, -0.05) is 19.1 Å². The van der Waals surface area contributed by atoms with Crippen molar-refractivity contribution in [2.24, 2.45) is 23.3 Å². The van der Waals surface area contributed by atoms with Crippen LogP contribution in [0.1, 0.15) is 29.5 Å². The highest BCUT2D eigenvalue weighted by molar-refractivity contribution is 6.24. The Kier molecular flexibility index (Phi) is 5.37. The lowest BCUT2D eigenvalue weighted by Gasteiger charge is -2.53. The Balaban J connectivity index is 2.06. The Bertz CT molecular complexity index is 1200. The molecule has 3 aliphatic carbocycles. The normalized spacial score (nSPS) is 33.1. The Hall–Kier alpha value is -3.25. The molecule has 11 heteroatoms. The third-order valence-electron chi connectivity index (χ3n) is 7.43. The van der Waals surface area contributed by atoms with Crippen molar-refractivity contribution in [3.63, 3.8) is 0 Å². The minimum atomic E-state index is -2.93. The molecular formula is C23H27N3O8. The fraction of sp³-hybridized carbons (Fsp3) is 0.435. The first kappa shape index (κ1) is 23.9. The van der Waals surface area contributed by atoms with Crippen molar-refractivity contribution in [1.82, 2.24) is 4.90 Å². The Morgan fingerprint density at radius 3 is 2.32 bits per heavy atom. The Morgan fingerprint density at radius 1 is 1.18 bits per heavy atom. The predicted octanol–water partition coefficient (Wildman–Crippen LogP) is -1.05. The molecule has 6 atom stereocenters. The summed E-state index contributed by atoms with van der Waals surface area (Å²) in [6.07, 6.45) is -1.62. The topological polar surface area (TPSA) is 208 Å². The highest BCUT2D eigenvalue weighted by Crippen LogP contribution is 2.56. The Labute approximate surface area is 194 Å². The number of primary amides is 1. The molecule has 182 valence electrons. The van der Waals surface area contributed by atoms with Crippen LogP contribution in [0.5, 0.6) is 5.75 Å². The minimum absolute atomic E-state index is 0.0553. The van der Waals surface area contributed by atoms with E-state index < -0.39 is 75.6 Å². The molecule has 0 bridgehead atoms. The first-order valence-electron chi connectivity index (χ1n) is 10.7. The second-order valence-electron chi connectivity index (χ2n) is 9.29. The van der Waals surface area contributed by atoms with Crippen molar-refractivity contribution < 1.29 is 39.9 Å². The van der Waals surface area contributed by atoms with E-state index in [0.717, 1.165) is 0 Å². The quantitative estimate of drug-likeness (QED) is 0.265. The number of hydrogen-bond acceptors (Lipinski definition) is 10. The number of benzene rings is 1. The van der Waals surface area contributed by atoms with E-state index in [9.17, 15) is 39.9 Å². The van der Waals surface area contributed by atoms with Crippen LogP contribution in [0.25, 0.3) is 5.76 Å². The monoisotopic (exact) mass is 473 g/mol. The third kappa shape index (κ3) is 2.75. The number of Topliss-reactive ketones (excluding diaryl/α,β-unsaturated/α-hetero) is 2. The maximum Gasteiger partial charge on any atom is 0.255 e. The average Bonchev–Trinajstić information content (AvgIpc) is 2.75. The molecule has 4 rings (SSSR count). The molecule has 1 aromatic rings. The zero-order valence-electron chi connectivity index (χ0n) is 18.8. The van der Waals surface area contributed by atoms with E-state index in [2.05, 4.69) is 0 Å². The second kappa shape index (κ2) is 7.64. The van der Waals surface area contributed by atoms with E-state index in [0.29, 0.717) is 11.1 Å². The van der Waals surface area contributed by atoms with E-state index in [-0.39, 0.29) is 17.9 Å². The molecular weight excluding hydrogens is 446 g/mol. The fourth-order valence-corrected chi connectivity index (χ4v) is 5.82. The number of phenols is 1. The van der Waals surface area contributed by atoms with Gasteiger partial charge in [0.05, 0.1) is 23.6 Å². The number of aliphatic hydroxyl groups excluding tert-OH is 3. The summed E-state index contributed by atoms with van der Waals surface area (Å²) in [5.74, 6) is -9.12. The van der Waals surface area contributed by atoms with Gasteiger partial charge < -0.3 is 37.0 Å². The molecule has 1 fully saturated rings. The highest BCUT2D eigenvalue weighted by atomic mass is 16.4. The summed E-state index contributed by atoms with van der Waals surface area (Å²) in [4.78, 5) is 40.2. The number of amides is 1. The van der Waals surface area contributed by atoms with Gasteiger partial charge in [0.25, 0.3) is 5.91 Å². The molecule has 0 unspecified atom stereocenters. The van der Waals surface area contributed by atoms with E-state index in [1.54, 1.807) is 19.1 Å². The van der Waals surface area contributed by atoms with Gasteiger partial charge in [-0.2, -0.15) is 0 Å². The maximum atomic E-state index is 13.8. The molecule has 0 heterocycles. The average molecular weight is 473 g/mol. The first-order valence-corrected chi connectivity index (χ1v) is 10.7. The molecule has 11 nitrogen and oxygen atoms in total. The molecule has 0 aliphatic heterocycles. The van der Waals surface area contributed by atoms with Crippen LogP contribution in [0.3, 0.4) is 0 Å². The summed E-state index contributed by atoms with van der Waals surface area (Å²) in [6.45, 7) is 1.61. The van der Waals surface area contributed by atoms with Crippen LogP contribution >= 0.6 is 0 Å². The standard InChI is InChI=1S/C23H27N3O8/c1-7-9-5-4-8(6-24)16(27)11(9)17(28)12-10(7)18(29)14-15(26(2)3)19(30)13(22(25)33)21(32)23(14,34)20(12)31/h4-5,7,10,14-15,18,27-29,32,34H,6,24H2,1-3H3,(H2,25,33)/t7-,10+,14+,15-,18-,23-/m0/s1. The van der Waals surface area contributed by atoms with Crippen LogP contribution in [-0.2, 0) is 20.9 Å². The van der Waals surface area contributed by atoms with Crippen LogP contribution < -0.4 is 11.5 Å². The van der Waals surface area contributed by atoms with Gasteiger partial charge in [-0.15, -0.1) is 0 Å². The Morgan fingerprint density at radius 2 is 1.79 bits per heavy atom. The van der Waals surface area contributed by atoms with Crippen LogP contribution in [-0.4, -0.2) is 79.7 Å². The molecule has 0 spiro atoms. The van der Waals surface area contributed by atoms with E-state index >= 15 is 0 Å². The first-order chi connectivity index (χ1) is 15.8. The molecule has 3 aliphatic rings. The molecule has 34 heavy (non-hydrogen) atoms. The summed E-state index contributed by atoms with van der Waals surface area (Å²) in [6, 6.07) is 1.80. The number of carbonyl (C=O) groups excluding carboxylic acids is 3. The number of aliphatic hydroxyl groups is 4. The lowest BCUT2D eigenvalue weighted by atomic mass is 9.54. The molecule has 0 radical (unpaired) electrons. The van der Waals surface area contributed by atoms with Crippen LogP contribution in [0.4, 0.5) is 0 Å². The van der Waals surface area contributed by atoms with Crippen molar-refractivity contribution >= 4 is 23.2 Å². The number of likely N-dealkylation sites (N-methyl/N-ethyl adjacent to an activating group) is 1. The summed E-state index contributed by atoms with van der Waals surface area (Å²) in [5, 5.41) is 55.7. The number of phenolic OH excluding ortho intramolecular Hbond substituents is 1. The maximum absolute atomic E-state index is 13.8. The number of carbonyl (C=O) groups is 3. The van der Waals surface area contributed by atoms with Crippen molar-refractivity contribution in [3.05, 3.63) is 45.7 Å². The van der Waals surface area contributed by atoms with Gasteiger partial charge >= 0.3 is 0 Å². The third-order valence-corrected chi connectivity index (χ3v) is 7.43. The van der Waals surface area contributed by atoms with Gasteiger partial charge in [0.15, 0.2) is 11.4 Å². The highest BCUT2D eigenvalue weighted by Gasteiger charge is 2.68. The van der Waals surface area contributed by atoms with Crippen molar-refractivity contribution in [3.8, 4) is 5.75 Å². The summed E-state index contributed by atoms with van der Waals surface area (Å²) >= 11 is 0. The van der Waals surface area contributed by atoms with Gasteiger partial charge in [-0.25, -0.2) is 0 Å². The van der Waals surface area contributed by atoms with Gasteiger partial charge in [0, 0.05) is 23.6 Å². The SMILES string of the molecule is C[C@H]1c2ccc(CN)c(O)c2C(O)=C2C(=O)[C@]3(O)C(O)=C(C(N)=O)C(=O)[C@@H](N(C)C)[C@@H]3[C@@H](O)[C@@H]21. The number of fused-ring (bicyclic) bond motifs is 3. The molecule has 9 N–H and O–H groups in total. The van der Waals surface area contributed by atoms with Crippen LogP contribution in [0, 0.1) is 11.8 Å². The summed E-state index contributed by atoms with van der Waals surface area (Å²) in [7, 11) is 2.91. The number of rotatable bonds is 3. The molecule has 0 saturated heterocycles. The lowest BCUT2D eigenvalue weighted by Crippen LogP contribution is -2.70. The van der Waals surface area contributed by atoms with Crippen molar-refractivity contribution in [2.75, 3.05) is 14.1 Å². The number of nitrogens with two attached hydrogens (primary N) is 2. The number of aromatic hydroxyl groups is 1. The predicted molar refractivity (Wildman–Crippen MR) is 118 cm³/mol. The largest absolute Gasteiger partial charge is 0.508 e. The number of hydrogen-bond donors (Lipinski definition) is 7. The lowest BCUT2D eigenvalue weighted by molar-refractivity contribution is -0.169. The molecule has 0 aromatic heterocycles. The zero-order valence-corrected chi connectivity index (χ0v) is 18.8. The van der Waals surface area contributed by atoms with Crippen molar-refractivity contribution in [2.45, 2.75) is 37.1 Å². The molecule has 1 aromatic carbocycles. The molecule has 1 amide bonds. The van der Waals surface area contributed by atoms with E-state index in [1.165, 1.54) is 19.0 Å². The smallest absolute Gasteiger partial charge is 0.255 e. The van der Waals surface area contributed by atoms with Crippen LogP contribution in [0.2, 0.25) is 0 Å². The fourth-order valence-electron chi connectivity index (χ4n) is 5.82. The van der Waals surface area contributed by atoms with Gasteiger partial charge in [0.1, 0.15) is 22.8 Å². The van der Waals surface area contributed by atoms with E-state index in [4.69, 9.17) is 11.5 Å². The minimum Gasteiger partial charge on any atom is -0.508 e. The summed E-state index contributed by atoms with van der Waals surface area (Å²) in [5.41, 5.74) is 7.28. The van der Waals surface area contributed by atoms with Gasteiger partial charge in [0.2, 0.25) is 5.78 Å². The zero-order chi connectivity index (χ0) is 25.4. The van der Waals surface area contributed by atoms with Crippen molar-refractivity contribution in [1.29, 1.82) is 0 Å². The number of nitrogens with zero attached hydrogens (tertiary/aromatic N) is 1. The van der Waals surface area contributed by atoms with Gasteiger partial charge in [-0.05, 0) is 25.6 Å². The van der Waals surface area contributed by atoms with E-state index in [1.807, 2.05) is 0 Å². The second-order valence-corrected chi connectivity index (χ2v) is 9.29.